The van der Waals surface area contributed by atoms with E-state index in [0.717, 1.165) is 18.9 Å². The van der Waals surface area contributed by atoms with Crippen molar-refractivity contribution in [2.75, 3.05) is 20.2 Å². The smallest absolute Gasteiger partial charge is 0.122 e. The molecule has 0 aliphatic carbocycles. The second kappa shape index (κ2) is 3.15. The molecule has 1 aliphatic rings. The third-order valence-corrected chi connectivity index (χ3v) is 2.25. The van der Waals surface area contributed by atoms with Gasteiger partial charge in [-0.1, -0.05) is 18.2 Å². The van der Waals surface area contributed by atoms with Crippen molar-refractivity contribution >= 4 is 0 Å². The van der Waals surface area contributed by atoms with Crippen LogP contribution in [0.5, 0.6) is 5.75 Å². The maximum absolute atomic E-state index is 5.52. The summed E-state index contributed by atoms with van der Waals surface area (Å²) in [5.74, 6) is 1.59. The number of hydrogen-bond acceptors (Lipinski definition) is 2. The lowest BCUT2D eigenvalue weighted by Gasteiger charge is -2.06. The Bertz CT molecular complexity index is 270. The van der Waals surface area contributed by atoms with Gasteiger partial charge in [0, 0.05) is 18.0 Å². The van der Waals surface area contributed by atoms with Crippen LogP contribution in [0.3, 0.4) is 0 Å². The van der Waals surface area contributed by atoms with Gasteiger partial charge in [0.25, 0.3) is 0 Å². The Morgan fingerprint density at radius 1 is 1.50 bits per heavy atom. The lowest BCUT2D eigenvalue weighted by atomic mass is 10.0. The van der Waals surface area contributed by atoms with Crippen LogP contribution in [0.4, 0.5) is 0 Å². The van der Waals surface area contributed by atoms with Gasteiger partial charge in [0.2, 0.25) is 0 Å². The first kappa shape index (κ1) is 7.62. The molecular formula is C10H13NO. The molecule has 0 radical (unpaired) electrons. The van der Waals surface area contributed by atoms with E-state index in [1.807, 2.05) is 19.2 Å². The molecule has 0 saturated heterocycles. The maximum Gasteiger partial charge on any atom is 0.122 e. The number of para-hydroxylation sites is 1. The molecule has 0 spiro atoms. The third kappa shape index (κ3) is 1.18. The van der Waals surface area contributed by atoms with Gasteiger partial charge in [-0.15, -0.1) is 0 Å². The van der Waals surface area contributed by atoms with E-state index < -0.39 is 0 Å². The fraction of sp³-hybridized carbons (Fsp3) is 0.400. The highest BCUT2D eigenvalue weighted by Gasteiger charge is 2.22. The molecule has 12 heavy (non-hydrogen) atoms. The Kier molecular flexibility index (Phi) is 2.00. The predicted octanol–water partition coefficient (Wildman–Crippen LogP) is 1.38. The Morgan fingerprint density at radius 2 is 2.33 bits per heavy atom. The summed E-state index contributed by atoms with van der Waals surface area (Å²) in [4.78, 5) is 0. The summed E-state index contributed by atoms with van der Waals surface area (Å²) in [5.41, 5.74) is 1.34. The van der Waals surface area contributed by atoms with Crippen LogP contribution in [0, 0.1) is 0 Å². The predicted molar refractivity (Wildman–Crippen MR) is 48.6 cm³/mol. The molecular weight excluding hydrogens is 150 g/mol. The average Bonchev–Trinajstić information content (AvgIpc) is 2.50. The van der Waals surface area contributed by atoms with Crippen molar-refractivity contribution in [2.24, 2.45) is 0 Å². The van der Waals surface area contributed by atoms with Crippen molar-refractivity contribution in [1.82, 2.24) is 5.32 Å². The first-order valence-corrected chi connectivity index (χ1v) is 4.28. The Balaban J connectivity index is 2.24. The number of rotatable bonds is 2. The van der Waals surface area contributed by atoms with Crippen molar-refractivity contribution < 1.29 is 4.74 Å². The van der Waals surface area contributed by atoms with Crippen LogP contribution >= 0.6 is 0 Å². The van der Waals surface area contributed by atoms with Crippen LogP contribution in [0.1, 0.15) is 11.5 Å². The van der Waals surface area contributed by atoms with E-state index in [4.69, 9.17) is 4.74 Å². The largest absolute Gasteiger partial charge is 0.493 e. The molecule has 1 aromatic rings. The molecule has 2 rings (SSSR count). The lowest BCUT2D eigenvalue weighted by Crippen LogP contribution is -2.17. The second-order valence-electron chi connectivity index (χ2n) is 3.10. The topological polar surface area (TPSA) is 21.3 Å². The number of nitrogens with one attached hydrogen (secondary N) is 1. The van der Waals surface area contributed by atoms with Crippen LogP contribution in [-0.4, -0.2) is 20.2 Å². The quantitative estimate of drug-likeness (QED) is 0.711. The van der Waals surface area contributed by atoms with E-state index in [1.54, 1.807) is 0 Å². The number of hydrogen-bond donors (Lipinski definition) is 1. The van der Waals surface area contributed by atoms with E-state index >= 15 is 0 Å². The van der Waals surface area contributed by atoms with Crippen molar-refractivity contribution in [1.29, 1.82) is 0 Å². The van der Waals surface area contributed by atoms with Gasteiger partial charge in [0.05, 0.1) is 6.61 Å². The fourth-order valence-electron chi connectivity index (χ4n) is 1.64. The third-order valence-electron chi connectivity index (χ3n) is 2.25. The van der Waals surface area contributed by atoms with Crippen molar-refractivity contribution in [3.63, 3.8) is 0 Å². The SMILES string of the molecule is CNCC1COc2ccccc21. The molecule has 2 heteroatoms. The highest BCUT2D eigenvalue weighted by atomic mass is 16.5. The summed E-state index contributed by atoms with van der Waals surface area (Å²) in [6.07, 6.45) is 0. The van der Waals surface area contributed by atoms with Crippen LogP contribution in [0.2, 0.25) is 0 Å². The zero-order valence-electron chi connectivity index (χ0n) is 7.21. The number of benzene rings is 1. The Hall–Kier alpha value is -1.02. The molecule has 0 amide bonds. The summed E-state index contributed by atoms with van der Waals surface area (Å²) in [5, 5.41) is 3.17. The highest BCUT2D eigenvalue weighted by molar-refractivity contribution is 5.39. The first-order valence-electron chi connectivity index (χ1n) is 4.28. The zero-order chi connectivity index (χ0) is 8.39. The summed E-state index contributed by atoms with van der Waals surface area (Å²) < 4.78 is 5.52. The van der Waals surface area contributed by atoms with Gasteiger partial charge < -0.3 is 10.1 Å². The molecule has 1 heterocycles. The van der Waals surface area contributed by atoms with Gasteiger partial charge in [0.1, 0.15) is 5.75 Å². The van der Waals surface area contributed by atoms with Crippen LogP contribution in [-0.2, 0) is 0 Å². The van der Waals surface area contributed by atoms with Crippen LogP contribution < -0.4 is 10.1 Å². The second-order valence-corrected chi connectivity index (χ2v) is 3.10. The van der Waals surface area contributed by atoms with E-state index in [9.17, 15) is 0 Å². The van der Waals surface area contributed by atoms with Crippen LogP contribution in [0.25, 0.3) is 0 Å². The molecule has 0 aromatic heterocycles. The van der Waals surface area contributed by atoms with Gasteiger partial charge >= 0.3 is 0 Å². The monoisotopic (exact) mass is 163 g/mol. The minimum atomic E-state index is 0.534. The fourth-order valence-corrected chi connectivity index (χ4v) is 1.64. The normalized spacial score (nSPS) is 20.2. The Morgan fingerprint density at radius 3 is 3.17 bits per heavy atom. The molecule has 0 bridgehead atoms. The summed E-state index contributed by atoms with van der Waals surface area (Å²) in [6.45, 7) is 1.82. The molecule has 1 N–H and O–H groups in total. The molecule has 1 unspecified atom stereocenters. The van der Waals surface area contributed by atoms with Gasteiger partial charge in [0.15, 0.2) is 0 Å². The molecule has 2 nitrogen and oxygen atoms in total. The average molecular weight is 163 g/mol. The van der Waals surface area contributed by atoms with Gasteiger partial charge in [-0.05, 0) is 13.1 Å². The van der Waals surface area contributed by atoms with Crippen molar-refractivity contribution in [2.45, 2.75) is 5.92 Å². The molecule has 1 atom stereocenters. The Labute approximate surface area is 72.5 Å². The van der Waals surface area contributed by atoms with Gasteiger partial charge in [-0.25, -0.2) is 0 Å². The molecule has 1 aliphatic heterocycles. The minimum Gasteiger partial charge on any atom is -0.493 e. The zero-order valence-corrected chi connectivity index (χ0v) is 7.21. The number of fused-ring (bicyclic) bond motifs is 1. The highest BCUT2D eigenvalue weighted by Crippen LogP contribution is 2.32. The standard InChI is InChI=1S/C10H13NO/c1-11-6-8-7-12-10-5-3-2-4-9(8)10/h2-5,8,11H,6-7H2,1H3. The number of likely N-dealkylation sites (N-methyl/N-ethyl adjacent to an activating group) is 1. The van der Waals surface area contributed by atoms with Gasteiger partial charge in [-0.2, -0.15) is 0 Å². The van der Waals surface area contributed by atoms with E-state index in [-0.39, 0.29) is 0 Å². The number of ether oxygens (including phenoxy) is 1. The maximum atomic E-state index is 5.52. The summed E-state index contributed by atoms with van der Waals surface area (Å²) in [7, 11) is 1.97. The molecule has 1 aromatic carbocycles. The van der Waals surface area contributed by atoms with Gasteiger partial charge in [-0.3, -0.25) is 0 Å². The molecule has 0 fully saturated rings. The summed E-state index contributed by atoms with van der Waals surface area (Å²) in [6, 6.07) is 8.26. The summed E-state index contributed by atoms with van der Waals surface area (Å²) >= 11 is 0. The first-order chi connectivity index (χ1) is 5.92. The van der Waals surface area contributed by atoms with Crippen LogP contribution in [0.15, 0.2) is 24.3 Å². The van der Waals surface area contributed by atoms with E-state index in [2.05, 4.69) is 17.4 Å². The molecule has 64 valence electrons. The van der Waals surface area contributed by atoms with Crippen molar-refractivity contribution in [3.8, 4) is 5.75 Å². The lowest BCUT2D eigenvalue weighted by molar-refractivity contribution is 0.328. The van der Waals surface area contributed by atoms with E-state index in [0.29, 0.717) is 5.92 Å². The molecule has 0 saturated carbocycles. The van der Waals surface area contributed by atoms with Crippen molar-refractivity contribution in [3.05, 3.63) is 29.8 Å². The van der Waals surface area contributed by atoms with E-state index in [1.165, 1.54) is 5.56 Å². The minimum absolute atomic E-state index is 0.534.